The molecule has 14 nitrogen and oxygen atoms in total. The lowest BCUT2D eigenvalue weighted by molar-refractivity contribution is -0.153. The Morgan fingerprint density at radius 1 is 1.24 bits per heavy atom. The van der Waals surface area contributed by atoms with Crippen molar-refractivity contribution in [1.82, 2.24) is 19.9 Å². The molecule has 0 aromatic carbocycles. The molecule has 0 bridgehead atoms. The molecule has 0 unspecified atom stereocenters. The zero-order valence-electron chi connectivity index (χ0n) is 21.6. The van der Waals surface area contributed by atoms with Gasteiger partial charge in [-0.05, 0) is 26.7 Å². The topological polar surface area (TPSA) is 187 Å². The van der Waals surface area contributed by atoms with E-state index in [1.54, 1.807) is 52.4 Å². The molecule has 2 aliphatic rings. The molecule has 2 aromatic rings. The highest BCUT2D eigenvalue weighted by Crippen LogP contribution is 2.37. The second-order valence-electron chi connectivity index (χ2n) is 10.4. The van der Waals surface area contributed by atoms with Crippen molar-refractivity contribution in [2.45, 2.75) is 70.8 Å². The number of hydrogen-bond acceptors (Lipinski definition) is 12. The normalized spacial score (nSPS) is 24.2. The molecule has 0 aliphatic carbocycles. The minimum atomic E-state index is -1.37. The van der Waals surface area contributed by atoms with Gasteiger partial charge < -0.3 is 40.0 Å². The van der Waals surface area contributed by atoms with Gasteiger partial charge in [-0.2, -0.15) is 5.10 Å². The van der Waals surface area contributed by atoms with Crippen LogP contribution in [0.25, 0.3) is 11.0 Å². The number of rotatable bonds is 6. The fourth-order valence-corrected chi connectivity index (χ4v) is 4.25. The molecule has 1 saturated heterocycles. The van der Waals surface area contributed by atoms with Gasteiger partial charge >= 0.3 is 12.1 Å². The summed E-state index contributed by atoms with van der Waals surface area (Å²) in [5.41, 5.74) is 6.35. The van der Waals surface area contributed by atoms with Crippen LogP contribution in [-0.4, -0.2) is 86.3 Å². The number of ether oxygens (including phenoxy) is 3. The highest BCUT2D eigenvalue weighted by Gasteiger charge is 2.45. The first-order valence-electron chi connectivity index (χ1n) is 11.9. The number of aliphatic hydroxyl groups excluding tert-OH is 2. The molecule has 2 aromatic heterocycles. The first kappa shape index (κ1) is 26.6. The number of amides is 1. The maximum atomic E-state index is 12.8. The summed E-state index contributed by atoms with van der Waals surface area (Å²) in [4.78, 5) is 33.5. The Labute approximate surface area is 213 Å². The number of aliphatic hydroxyl groups is 2. The summed E-state index contributed by atoms with van der Waals surface area (Å²) in [5.74, 6) is -0.252. The molecule has 0 radical (unpaired) electrons. The van der Waals surface area contributed by atoms with Gasteiger partial charge in [0.05, 0.1) is 5.39 Å². The standard InChI is InChI=1S/C23H33N7O7/c1-10(2)14(27-22(34)37-23(3,4)5)21(33)35-8-12-15(31)16(32)20(36-12)30-7-11-13-18(25-9-26-19(13)30)29(6)28-17(11)24/h7,9-10,12,14-16,20,31-32H,8H2,1-6H3,(H2,24,28)(H,27,34)/t12-,14+,15-,16-,20-/m1/s1. The Hall–Kier alpha value is -3.49. The molecular weight excluding hydrogens is 486 g/mol. The first-order chi connectivity index (χ1) is 17.3. The smallest absolute Gasteiger partial charge is 0.408 e. The number of anilines is 1. The largest absolute Gasteiger partial charge is 0.461 e. The van der Waals surface area contributed by atoms with Crippen molar-refractivity contribution in [2.75, 3.05) is 18.7 Å². The van der Waals surface area contributed by atoms with Crippen LogP contribution in [0.15, 0.2) is 17.6 Å². The fourth-order valence-electron chi connectivity index (χ4n) is 4.25. The Morgan fingerprint density at radius 2 is 1.95 bits per heavy atom. The molecule has 4 rings (SSSR count). The molecule has 37 heavy (non-hydrogen) atoms. The third-order valence-electron chi connectivity index (χ3n) is 6.02. The Balaban J connectivity index is 1.48. The van der Waals surface area contributed by atoms with Gasteiger partial charge in [0, 0.05) is 18.8 Å². The monoisotopic (exact) mass is 519 g/mol. The van der Waals surface area contributed by atoms with Crippen LogP contribution in [0.5, 0.6) is 0 Å². The number of alkyl carbamates (subject to hydrolysis) is 1. The number of nitrogens with two attached hydrogens (primary N) is 1. The minimum absolute atomic E-state index is 0.240. The van der Waals surface area contributed by atoms with Crippen LogP contribution in [0.3, 0.4) is 0 Å². The number of amidine groups is 1. The number of carbonyl (C=O) groups excluding carboxylic acids is 2. The van der Waals surface area contributed by atoms with Gasteiger partial charge in [-0.25, -0.2) is 24.6 Å². The van der Waals surface area contributed by atoms with E-state index in [2.05, 4.69) is 20.4 Å². The predicted octanol–water partition coefficient (Wildman–Crippen LogP) is 0.213. The second-order valence-corrected chi connectivity index (χ2v) is 10.4. The summed E-state index contributed by atoms with van der Waals surface area (Å²) in [6.07, 6.45) is -2.58. The molecule has 4 heterocycles. The summed E-state index contributed by atoms with van der Waals surface area (Å²) in [6.45, 7) is 8.27. The molecule has 1 amide bonds. The molecule has 5 N–H and O–H groups in total. The second kappa shape index (κ2) is 9.76. The van der Waals surface area contributed by atoms with Crippen LogP contribution in [0.1, 0.15) is 46.4 Å². The average Bonchev–Trinajstić information content (AvgIpc) is 3.32. The van der Waals surface area contributed by atoms with Gasteiger partial charge in [-0.1, -0.05) is 13.8 Å². The van der Waals surface area contributed by atoms with Gasteiger partial charge in [-0.15, -0.1) is 0 Å². The van der Waals surface area contributed by atoms with E-state index in [4.69, 9.17) is 19.9 Å². The molecule has 0 spiro atoms. The zero-order chi connectivity index (χ0) is 27.2. The maximum Gasteiger partial charge on any atom is 0.408 e. The summed E-state index contributed by atoms with van der Waals surface area (Å²) >= 11 is 0. The molecular formula is C23H33N7O7. The van der Waals surface area contributed by atoms with Crippen molar-refractivity contribution >= 4 is 34.7 Å². The summed E-state index contributed by atoms with van der Waals surface area (Å²) in [7, 11) is 1.70. The van der Waals surface area contributed by atoms with Crippen molar-refractivity contribution in [3.05, 3.63) is 18.1 Å². The van der Waals surface area contributed by atoms with Gasteiger partial charge in [0.2, 0.25) is 0 Å². The number of nitrogens with one attached hydrogen (secondary N) is 1. The van der Waals surface area contributed by atoms with Crippen LogP contribution in [0, 0.1) is 5.92 Å². The van der Waals surface area contributed by atoms with E-state index in [0.29, 0.717) is 22.4 Å². The third kappa shape index (κ3) is 5.17. The Kier molecular flexibility index (Phi) is 7.01. The summed E-state index contributed by atoms with van der Waals surface area (Å²) < 4.78 is 18.1. The molecule has 202 valence electrons. The van der Waals surface area contributed by atoms with Crippen LogP contribution in [0.2, 0.25) is 0 Å². The lowest BCUT2D eigenvalue weighted by Gasteiger charge is -2.25. The van der Waals surface area contributed by atoms with Gasteiger partial charge in [-0.3, -0.25) is 0 Å². The highest BCUT2D eigenvalue weighted by molar-refractivity contribution is 6.13. The van der Waals surface area contributed by atoms with Crippen molar-refractivity contribution < 1.29 is 34.0 Å². The third-order valence-corrected chi connectivity index (χ3v) is 6.02. The van der Waals surface area contributed by atoms with E-state index in [9.17, 15) is 19.8 Å². The van der Waals surface area contributed by atoms with Crippen LogP contribution < -0.4 is 16.1 Å². The van der Waals surface area contributed by atoms with Crippen molar-refractivity contribution in [2.24, 2.45) is 16.8 Å². The number of aromatic nitrogens is 3. The van der Waals surface area contributed by atoms with Crippen LogP contribution >= 0.6 is 0 Å². The van der Waals surface area contributed by atoms with Crippen molar-refractivity contribution in [3.8, 4) is 0 Å². The minimum Gasteiger partial charge on any atom is -0.461 e. The Morgan fingerprint density at radius 3 is 2.59 bits per heavy atom. The van der Waals surface area contributed by atoms with E-state index in [-0.39, 0.29) is 18.4 Å². The fraction of sp³-hybridized carbons (Fsp3) is 0.609. The van der Waals surface area contributed by atoms with Crippen LogP contribution in [0.4, 0.5) is 10.6 Å². The van der Waals surface area contributed by atoms with Crippen molar-refractivity contribution in [1.29, 1.82) is 0 Å². The highest BCUT2D eigenvalue weighted by atomic mass is 16.6. The predicted molar refractivity (Wildman–Crippen MR) is 132 cm³/mol. The molecule has 0 saturated carbocycles. The number of esters is 1. The lowest BCUT2D eigenvalue weighted by atomic mass is 10.1. The van der Waals surface area contributed by atoms with Crippen molar-refractivity contribution in [3.63, 3.8) is 0 Å². The van der Waals surface area contributed by atoms with Gasteiger partial charge in [0.25, 0.3) is 0 Å². The van der Waals surface area contributed by atoms with E-state index in [1.165, 1.54) is 11.3 Å². The lowest BCUT2D eigenvalue weighted by Crippen LogP contribution is -2.48. The summed E-state index contributed by atoms with van der Waals surface area (Å²) in [5, 5.41) is 30.4. The van der Waals surface area contributed by atoms with E-state index < -0.39 is 48.2 Å². The molecule has 2 aliphatic heterocycles. The number of carbonyl (C=O) groups is 2. The van der Waals surface area contributed by atoms with E-state index in [0.717, 1.165) is 0 Å². The number of hydrazone groups is 1. The molecule has 14 heteroatoms. The number of nitrogens with zero attached hydrogens (tertiary/aromatic N) is 5. The summed E-state index contributed by atoms with van der Waals surface area (Å²) in [6, 6.07) is -0.985. The van der Waals surface area contributed by atoms with Gasteiger partial charge in [0.15, 0.2) is 17.9 Å². The zero-order valence-corrected chi connectivity index (χ0v) is 21.6. The first-order valence-corrected chi connectivity index (χ1v) is 11.9. The number of hydrogen-bond donors (Lipinski definition) is 4. The van der Waals surface area contributed by atoms with Gasteiger partial charge in [0.1, 0.15) is 48.5 Å². The SMILES string of the molecule is CC(C)[C@H](NC(=O)OC(C)(C)C)C(=O)OC[C@H]1O[C@@H](n2cc3c4c(ncnc42)N(C)N=C3N)[C@H](O)[C@@H]1O. The van der Waals surface area contributed by atoms with Crippen LogP contribution in [-0.2, 0) is 19.0 Å². The molecule has 1 fully saturated rings. The van der Waals surface area contributed by atoms with E-state index in [1.807, 2.05) is 0 Å². The quantitative estimate of drug-likeness (QED) is 0.382. The maximum absolute atomic E-state index is 12.8. The Bertz CT molecular complexity index is 1220. The molecule has 5 atom stereocenters. The average molecular weight is 520 g/mol. The van der Waals surface area contributed by atoms with E-state index >= 15 is 0 Å².